The summed E-state index contributed by atoms with van der Waals surface area (Å²) in [5.74, 6) is 1.41. The molecule has 2 aliphatic heterocycles. The molecule has 0 aliphatic carbocycles. The Bertz CT molecular complexity index is 898. The summed E-state index contributed by atoms with van der Waals surface area (Å²) < 4.78 is 17.4. The van der Waals surface area contributed by atoms with Crippen molar-refractivity contribution in [2.75, 3.05) is 18.8 Å². The van der Waals surface area contributed by atoms with Crippen LogP contribution in [0.3, 0.4) is 0 Å². The molecule has 0 unspecified atom stereocenters. The minimum atomic E-state index is -0.607. The van der Waals surface area contributed by atoms with E-state index in [9.17, 15) is 9.59 Å². The van der Waals surface area contributed by atoms with Gasteiger partial charge in [-0.2, -0.15) is 0 Å². The smallest absolute Gasteiger partial charge is 0.444 e. The summed E-state index contributed by atoms with van der Waals surface area (Å²) in [6.45, 7) is 16.6. The lowest BCUT2D eigenvalue weighted by Crippen LogP contribution is -2.50. The molecule has 200 valence electrons. The number of thioether (sulfide) groups is 1. The van der Waals surface area contributed by atoms with E-state index in [2.05, 4.69) is 15.3 Å². The topological polar surface area (TPSA) is 103 Å². The second-order valence-corrected chi connectivity index (χ2v) is 12.7. The van der Waals surface area contributed by atoms with Gasteiger partial charge >= 0.3 is 13.2 Å². The molecule has 2 amide bonds. The fraction of sp³-hybridized carbons (Fsp3) is 0.760. The molecule has 3 heterocycles. The Labute approximate surface area is 220 Å². The van der Waals surface area contributed by atoms with Crippen molar-refractivity contribution >= 4 is 36.3 Å². The molecule has 36 heavy (non-hydrogen) atoms. The van der Waals surface area contributed by atoms with Gasteiger partial charge in [0.25, 0.3) is 0 Å². The Balaban J connectivity index is 1.37. The Morgan fingerprint density at radius 2 is 1.72 bits per heavy atom. The van der Waals surface area contributed by atoms with E-state index >= 15 is 0 Å². The van der Waals surface area contributed by atoms with Gasteiger partial charge in [0, 0.05) is 36.7 Å². The van der Waals surface area contributed by atoms with Crippen molar-refractivity contribution < 1.29 is 23.6 Å². The largest absolute Gasteiger partial charge is 0.498 e. The van der Waals surface area contributed by atoms with Gasteiger partial charge in [0.05, 0.1) is 11.2 Å². The molecule has 3 rings (SSSR count). The summed E-state index contributed by atoms with van der Waals surface area (Å²) in [6, 6.07) is -0.607. The molecule has 2 saturated heterocycles. The Morgan fingerprint density at radius 3 is 2.25 bits per heavy atom. The normalized spacial score (nSPS) is 20.8. The maximum absolute atomic E-state index is 12.7. The lowest BCUT2D eigenvalue weighted by atomic mass is 9.81. The number of nitrogens with one attached hydrogen (secondary N) is 1. The predicted octanol–water partition coefficient (Wildman–Crippen LogP) is 3.41. The van der Waals surface area contributed by atoms with E-state index in [0.29, 0.717) is 19.0 Å². The van der Waals surface area contributed by atoms with Gasteiger partial charge in [0.1, 0.15) is 11.6 Å². The third kappa shape index (κ3) is 7.58. The molecule has 1 atom stereocenters. The molecule has 2 fully saturated rings. The SMILES string of the molecule is C[C@H](NC(=O)OC(C)(C)C)C(=O)N1CCC(CCSc2ncc(B3OC(C)(C)C(C)(C)O3)cn2)CC1. The zero-order chi connectivity index (χ0) is 26.7. The first-order valence-electron chi connectivity index (χ1n) is 12.8. The van der Waals surface area contributed by atoms with Gasteiger partial charge in [-0.3, -0.25) is 4.79 Å². The number of hydrogen-bond donors (Lipinski definition) is 1. The third-order valence-corrected chi connectivity index (χ3v) is 7.87. The fourth-order valence-corrected chi connectivity index (χ4v) is 4.97. The van der Waals surface area contributed by atoms with Gasteiger partial charge in [-0.1, -0.05) is 11.8 Å². The number of piperidine rings is 1. The molecule has 0 radical (unpaired) electrons. The van der Waals surface area contributed by atoms with Crippen LogP contribution in [0.5, 0.6) is 0 Å². The second kappa shape index (κ2) is 11.3. The van der Waals surface area contributed by atoms with Crippen LogP contribution >= 0.6 is 11.8 Å². The molecule has 0 spiro atoms. The van der Waals surface area contributed by atoms with Gasteiger partial charge in [-0.15, -0.1) is 0 Å². The van der Waals surface area contributed by atoms with E-state index in [-0.39, 0.29) is 5.91 Å². The van der Waals surface area contributed by atoms with Crippen molar-refractivity contribution in [1.82, 2.24) is 20.2 Å². The van der Waals surface area contributed by atoms with Crippen LogP contribution in [-0.2, 0) is 18.8 Å². The molecule has 2 aliphatic rings. The molecule has 1 aromatic heterocycles. The summed E-state index contributed by atoms with van der Waals surface area (Å²) >= 11 is 1.64. The van der Waals surface area contributed by atoms with Gasteiger partial charge in [0.15, 0.2) is 5.16 Å². The van der Waals surface area contributed by atoms with E-state index in [4.69, 9.17) is 14.0 Å². The van der Waals surface area contributed by atoms with Crippen LogP contribution in [0.1, 0.15) is 74.7 Å². The number of amides is 2. The van der Waals surface area contributed by atoms with Crippen LogP contribution in [0.15, 0.2) is 17.6 Å². The van der Waals surface area contributed by atoms with Crippen LogP contribution in [0.4, 0.5) is 4.79 Å². The van der Waals surface area contributed by atoms with Gasteiger partial charge in [0.2, 0.25) is 5.91 Å². The van der Waals surface area contributed by atoms with Crippen molar-refractivity contribution in [3.05, 3.63) is 12.4 Å². The van der Waals surface area contributed by atoms with Crippen molar-refractivity contribution in [3.63, 3.8) is 0 Å². The molecule has 0 aromatic carbocycles. The quantitative estimate of drug-likeness (QED) is 0.332. The van der Waals surface area contributed by atoms with Gasteiger partial charge in [-0.25, -0.2) is 14.8 Å². The first-order chi connectivity index (χ1) is 16.7. The number of nitrogens with zero attached hydrogens (tertiary/aromatic N) is 3. The summed E-state index contributed by atoms with van der Waals surface area (Å²) in [7, 11) is -0.455. The van der Waals surface area contributed by atoms with Crippen molar-refractivity contribution in [2.24, 2.45) is 5.92 Å². The minimum absolute atomic E-state index is 0.0656. The number of likely N-dealkylation sites (tertiary alicyclic amines) is 1. The summed E-state index contributed by atoms with van der Waals surface area (Å²) in [5, 5.41) is 3.38. The number of ether oxygens (including phenoxy) is 1. The first-order valence-corrected chi connectivity index (χ1v) is 13.7. The Hall–Kier alpha value is -1.85. The van der Waals surface area contributed by atoms with E-state index in [1.807, 2.05) is 32.6 Å². The number of alkyl carbamates (subject to hydrolysis) is 1. The lowest BCUT2D eigenvalue weighted by molar-refractivity contribution is -0.134. The molecule has 1 N–H and O–H groups in total. The van der Waals surface area contributed by atoms with Crippen molar-refractivity contribution in [1.29, 1.82) is 0 Å². The lowest BCUT2D eigenvalue weighted by Gasteiger charge is -2.33. The number of carbonyl (C=O) groups is 2. The molecule has 11 heteroatoms. The molecule has 0 bridgehead atoms. The molecular weight excluding hydrogens is 479 g/mol. The van der Waals surface area contributed by atoms with E-state index < -0.39 is 36.1 Å². The highest BCUT2D eigenvalue weighted by atomic mass is 32.2. The third-order valence-electron chi connectivity index (χ3n) is 6.96. The monoisotopic (exact) mass is 520 g/mol. The zero-order valence-electron chi connectivity index (χ0n) is 22.9. The molecular formula is C25H41BN4O5S. The predicted molar refractivity (Wildman–Crippen MR) is 141 cm³/mol. The van der Waals surface area contributed by atoms with Crippen molar-refractivity contribution in [3.8, 4) is 0 Å². The maximum Gasteiger partial charge on any atom is 0.498 e. The average Bonchev–Trinajstić information content (AvgIpc) is 2.99. The number of rotatable bonds is 7. The maximum atomic E-state index is 12.7. The highest BCUT2D eigenvalue weighted by Crippen LogP contribution is 2.36. The van der Waals surface area contributed by atoms with E-state index in [1.165, 1.54) is 0 Å². The van der Waals surface area contributed by atoms with Crippen LogP contribution in [0.25, 0.3) is 0 Å². The number of aromatic nitrogens is 2. The molecule has 9 nitrogen and oxygen atoms in total. The average molecular weight is 521 g/mol. The first kappa shape index (κ1) is 28.7. The Kier molecular flexibility index (Phi) is 8.99. The summed E-state index contributed by atoms with van der Waals surface area (Å²) in [6.07, 6.45) is 5.95. The van der Waals surface area contributed by atoms with Gasteiger partial charge in [-0.05, 0) is 80.6 Å². The second-order valence-electron chi connectivity index (χ2n) is 11.7. The number of carbonyl (C=O) groups excluding carboxylic acids is 2. The highest BCUT2D eigenvalue weighted by molar-refractivity contribution is 7.99. The van der Waals surface area contributed by atoms with Crippen LogP contribution in [0.2, 0.25) is 0 Å². The van der Waals surface area contributed by atoms with E-state index in [1.54, 1.807) is 51.9 Å². The summed E-state index contributed by atoms with van der Waals surface area (Å²) in [5.41, 5.74) is -0.551. The highest BCUT2D eigenvalue weighted by Gasteiger charge is 2.52. The number of hydrogen-bond acceptors (Lipinski definition) is 8. The minimum Gasteiger partial charge on any atom is -0.444 e. The standard InChI is InChI=1S/C25H41BN4O5S/c1-17(29-22(32)33-23(2,3)4)20(31)30-12-9-18(10-13-30)11-14-36-21-27-15-19(16-28-21)26-34-24(5,6)25(7,8)35-26/h15-18H,9-14H2,1-8H3,(H,29,32)/t17-/m0/s1. The van der Waals surface area contributed by atoms with Crippen LogP contribution in [-0.4, -0.2) is 75.7 Å². The van der Waals surface area contributed by atoms with E-state index in [0.717, 1.165) is 35.6 Å². The van der Waals surface area contributed by atoms with Crippen molar-refractivity contribution in [2.45, 2.75) is 103 Å². The molecule has 0 saturated carbocycles. The van der Waals surface area contributed by atoms with Gasteiger partial charge < -0.3 is 24.3 Å². The Morgan fingerprint density at radius 1 is 1.17 bits per heavy atom. The summed E-state index contributed by atoms with van der Waals surface area (Å²) in [4.78, 5) is 35.5. The van der Waals surface area contributed by atoms with Crippen LogP contribution < -0.4 is 10.8 Å². The fourth-order valence-electron chi connectivity index (χ4n) is 4.08. The molecule has 1 aromatic rings. The zero-order valence-corrected chi connectivity index (χ0v) is 23.7. The van der Waals surface area contributed by atoms with Crippen LogP contribution in [0, 0.1) is 5.92 Å².